The molecule has 2 aromatic rings. The van der Waals surface area contributed by atoms with Gasteiger partial charge in [0, 0.05) is 0 Å². The van der Waals surface area contributed by atoms with Crippen LogP contribution in [0.25, 0.3) is 0 Å². The van der Waals surface area contributed by atoms with Gasteiger partial charge >= 0.3 is 0 Å². The molecule has 0 saturated carbocycles. The molecule has 2 rings (SSSR count). The molecule has 0 N–H and O–H groups in total. The maximum atomic E-state index is 2.37. The summed E-state index contributed by atoms with van der Waals surface area (Å²) < 4.78 is 0. The van der Waals surface area contributed by atoms with Crippen LogP contribution < -0.4 is 0 Å². The predicted molar refractivity (Wildman–Crippen MR) is 97.5 cm³/mol. The lowest BCUT2D eigenvalue weighted by Crippen LogP contribution is -2.25. The molecule has 0 amide bonds. The first-order valence-corrected chi connectivity index (χ1v) is 8.31. The van der Waals surface area contributed by atoms with Crippen molar-refractivity contribution in [1.29, 1.82) is 0 Å². The van der Waals surface area contributed by atoms with E-state index in [-0.39, 0.29) is 5.41 Å². The predicted octanol–water partition coefficient (Wildman–Crippen LogP) is 6.30. The van der Waals surface area contributed by atoms with E-state index >= 15 is 0 Å². The Labute approximate surface area is 136 Å². The number of benzene rings is 2. The summed E-state index contributed by atoms with van der Waals surface area (Å²) in [6.45, 7) is 14.0. The number of hydrogen-bond acceptors (Lipinski definition) is 0. The van der Waals surface area contributed by atoms with E-state index in [1.807, 2.05) is 0 Å². The van der Waals surface area contributed by atoms with Gasteiger partial charge in [0.15, 0.2) is 0 Å². The molecule has 0 aliphatic rings. The standard InChI is InChI=1S/C22H30/c1-17-14-19(15-18-10-8-7-9-11-18)12-13-20(17)22(5,6)16-21(2,3)4/h7-14H,15-16H2,1-6H3. The SMILES string of the molecule is Cc1cc(Cc2ccccc2)ccc1C(C)(C)CC(C)(C)C. The van der Waals surface area contributed by atoms with Gasteiger partial charge in [0.1, 0.15) is 0 Å². The first-order valence-electron chi connectivity index (χ1n) is 8.31. The van der Waals surface area contributed by atoms with E-state index in [1.165, 1.54) is 28.7 Å². The molecule has 0 aliphatic carbocycles. The van der Waals surface area contributed by atoms with E-state index in [0.717, 1.165) is 6.42 Å². The Morgan fingerprint density at radius 3 is 1.95 bits per heavy atom. The van der Waals surface area contributed by atoms with Crippen molar-refractivity contribution >= 4 is 0 Å². The summed E-state index contributed by atoms with van der Waals surface area (Å²) in [5, 5.41) is 0. The third kappa shape index (κ3) is 4.47. The minimum Gasteiger partial charge on any atom is -0.0622 e. The quantitative estimate of drug-likeness (QED) is 0.620. The summed E-state index contributed by atoms with van der Waals surface area (Å²) in [5.41, 5.74) is 6.25. The van der Waals surface area contributed by atoms with Crippen molar-refractivity contribution in [2.24, 2.45) is 5.41 Å². The molecule has 2 aromatic carbocycles. The first-order chi connectivity index (χ1) is 10.2. The Bertz CT molecular complexity index is 612. The van der Waals surface area contributed by atoms with Crippen LogP contribution in [0, 0.1) is 12.3 Å². The maximum absolute atomic E-state index is 2.37. The number of hydrogen-bond donors (Lipinski definition) is 0. The van der Waals surface area contributed by atoms with Crippen LogP contribution in [-0.4, -0.2) is 0 Å². The van der Waals surface area contributed by atoms with Crippen LogP contribution in [0.3, 0.4) is 0 Å². The second-order valence-electron chi connectivity index (χ2n) is 8.43. The van der Waals surface area contributed by atoms with Crippen molar-refractivity contribution in [3.05, 3.63) is 70.8 Å². The van der Waals surface area contributed by atoms with Gasteiger partial charge in [0.05, 0.1) is 0 Å². The molecular weight excluding hydrogens is 264 g/mol. The molecule has 0 unspecified atom stereocenters. The summed E-state index contributed by atoms with van der Waals surface area (Å²) in [5.74, 6) is 0. The van der Waals surface area contributed by atoms with Gasteiger partial charge in [-0.3, -0.25) is 0 Å². The fourth-order valence-electron chi connectivity index (χ4n) is 3.85. The molecule has 0 fully saturated rings. The summed E-state index contributed by atoms with van der Waals surface area (Å²) in [6, 6.07) is 17.7. The minimum atomic E-state index is 0.216. The van der Waals surface area contributed by atoms with Crippen molar-refractivity contribution in [3.8, 4) is 0 Å². The molecule has 0 nitrogen and oxygen atoms in total. The van der Waals surface area contributed by atoms with Gasteiger partial charge in [-0.2, -0.15) is 0 Å². The molecule has 118 valence electrons. The second-order valence-corrected chi connectivity index (χ2v) is 8.43. The minimum absolute atomic E-state index is 0.216. The molecule has 0 spiro atoms. The molecule has 0 bridgehead atoms. The Morgan fingerprint density at radius 1 is 0.773 bits per heavy atom. The highest BCUT2D eigenvalue weighted by Crippen LogP contribution is 2.37. The lowest BCUT2D eigenvalue weighted by molar-refractivity contribution is 0.283. The van der Waals surface area contributed by atoms with Crippen molar-refractivity contribution in [1.82, 2.24) is 0 Å². The van der Waals surface area contributed by atoms with Gasteiger partial charge in [-0.25, -0.2) is 0 Å². The van der Waals surface area contributed by atoms with Gasteiger partial charge in [-0.1, -0.05) is 83.1 Å². The van der Waals surface area contributed by atoms with Gasteiger partial charge in [0.25, 0.3) is 0 Å². The van der Waals surface area contributed by atoms with Crippen molar-refractivity contribution in [2.45, 2.75) is 59.8 Å². The zero-order chi connectivity index (χ0) is 16.4. The van der Waals surface area contributed by atoms with Crippen molar-refractivity contribution in [3.63, 3.8) is 0 Å². The molecule has 0 saturated heterocycles. The Hall–Kier alpha value is -1.56. The molecule has 0 heterocycles. The molecule has 0 heteroatoms. The van der Waals surface area contributed by atoms with E-state index in [2.05, 4.69) is 90.1 Å². The third-order valence-electron chi connectivity index (χ3n) is 4.24. The molecule has 0 radical (unpaired) electrons. The highest BCUT2D eigenvalue weighted by atomic mass is 14.3. The van der Waals surface area contributed by atoms with Crippen LogP contribution in [-0.2, 0) is 11.8 Å². The molecule has 22 heavy (non-hydrogen) atoms. The van der Waals surface area contributed by atoms with Crippen LogP contribution in [0.1, 0.15) is 63.3 Å². The maximum Gasteiger partial charge on any atom is -0.00257 e. The average molecular weight is 294 g/mol. The smallest absolute Gasteiger partial charge is 0.00257 e. The zero-order valence-electron chi connectivity index (χ0n) is 15.0. The van der Waals surface area contributed by atoms with Crippen molar-refractivity contribution in [2.75, 3.05) is 0 Å². The van der Waals surface area contributed by atoms with E-state index in [1.54, 1.807) is 0 Å². The van der Waals surface area contributed by atoms with Gasteiger partial charge < -0.3 is 0 Å². The van der Waals surface area contributed by atoms with Crippen LogP contribution in [0.5, 0.6) is 0 Å². The lowest BCUT2D eigenvalue weighted by atomic mass is 9.71. The summed E-state index contributed by atoms with van der Waals surface area (Å²) >= 11 is 0. The zero-order valence-corrected chi connectivity index (χ0v) is 15.0. The highest BCUT2D eigenvalue weighted by Gasteiger charge is 2.28. The van der Waals surface area contributed by atoms with Crippen molar-refractivity contribution < 1.29 is 0 Å². The average Bonchev–Trinajstić information content (AvgIpc) is 2.36. The highest BCUT2D eigenvalue weighted by molar-refractivity contribution is 5.38. The van der Waals surface area contributed by atoms with Crippen LogP contribution in [0.4, 0.5) is 0 Å². The van der Waals surface area contributed by atoms with Gasteiger partial charge in [-0.15, -0.1) is 0 Å². The Balaban J connectivity index is 2.23. The van der Waals surface area contributed by atoms with Gasteiger partial charge in [0.2, 0.25) is 0 Å². The third-order valence-corrected chi connectivity index (χ3v) is 4.24. The van der Waals surface area contributed by atoms with E-state index in [0.29, 0.717) is 5.41 Å². The van der Waals surface area contributed by atoms with Gasteiger partial charge in [-0.05, 0) is 52.8 Å². The van der Waals surface area contributed by atoms with E-state index in [4.69, 9.17) is 0 Å². The first kappa shape index (κ1) is 16.8. The largest absolute Gasteiger partial charge is 0.0622 e. The number of rotatable bonds is 4. The second kappa shape index (κ2) is 6.28. The fourth-order valence-corrected chi connectivity index (χ4v) is 3.85. The molecule has 0 aliphatic heterocycles. The van der Waals surface area contributed by atoms with E-state index < -0.39 is 0 Å². The normalized spacial score (nSPS) is 12.5. The van der Waals surface area contributed by atoms with Crippen LogP contribution in [0.2, 0.25) is 0 Å². The lowest BCUT2D eigenvalue weighted by Gasteiger charge is -2.34. The summed E-state index contributed by atoms with van der Waals surface area (Å²) in [6.07, 6.45) is 2.21. The fraction of sp³-hybridized carbons (Fsp3) is 0.455. The molecule has 0 atom stereocenters. The molecule has 0 aromatic heterocycles. The summed E-state index contributed by atoms with van der Waals surface area (Å²) in [4.78, 5) is 0. The van der Waals surface area contributed by atoms with Crippen LogP contribution in [0.15, 0.2) is 48.5 Å². The monoisotopic (exact) mass is 294 g/mol. The topological polar surface area (TPSA) is 0 Å². The Morgan fingerprint density at radius 2 is 1.41 bits per heavy atom. The number of aryl methyl sites for hydroxylation is 1. The Kier molecular flexibility index (Phi) is 4.80. The molecular formula is C22H30. The van der Waals surface area contributed by atoms with Crippen LogP contribution >= 0.6 is 0 Å². The van der Waals surface area contributed by atoms with E-state index in [9.17, 15) is 0 Å². The summed E-state index contributed by atoms with van der Waals surface area (Å²) in [7, 11) is 0.